The standard InChI is InChI=1S/C14H25N3O2S/c1-2-3-4-8-15-9-7-12-17(14-13-15)20(18,19)16-10-5-6-11-16/h2,5-14H2,1H3. The molecular formula is C14H25N3O2S. The zero-order chi connectivity index (χ0) is 14.4. The fourth-order valence-electron chi connectivity index (χ4n) is 2.71. The van der Waals surface area contributed by atoms with E-state index in [0.717, 1.165) is 45.3 Å². The molecular weight excluding hydrogens is 274 g/mol. The molecule has 0 N–H and O–H groups in total. The zero-order valence-electron chi connectivity index (χ0n) is 12.3. The fourth-order valence-corrected chi connectivity index (χ4v) is 4.43. The number of hydrogen-bond donors (Lipinski definition) is 0. The van der Waals surface area contributed by atoms with Gasteiger partial charge in [-0.15, -0.1) is 5.92 Å². The predicted molar refractivity (Wildman–Crippen MR) is 80.4 cm³/mol. The van der Waals surface area contributed by atoms with Gasteiger partial charge < -0.3 is 0 Å². The molecule has 0 aromatic heterocycles. The highest BCUT2D eigenvalue weighted by molar-refractivity contribution is 7.86. The van der Waals surface area contributed by atoms with Gasteiger partial charge in [-0.25, -0.2) is 0 Å². The Morgan fingerprint density at radius 2 is 1.50 bits per heavy atom. The maximum absolute atomic E-state index is 12.5. The van der Waals surface area contributed by atoms with Crippen molar-refractivity contribution < 1.29 is 8.42 Å². The molecule has 0 saturated carbocycles. The summed E-state index contributed by atoms with van der Waals surface area (Å²) < 4.78 is 28.3. The summed E-state index contributed by atoms with van der Waals surface area (Å²) >= 11 is 0. The lowest BCUT2D eigenvalue weighted by Crippen LogP contribution is -2.44. The van der Waals surface area contributed by atoms with E-state index in [9.17, 15) is 8.42 Å². The van der Waals surface area contributed by atoms with Crippen LogP contribution in [0, 0.1) is 11.8 Å². The molecule has 2 saturated heterocycles. The summed E-state index contributed by atoms with van der Waals surface area (Å²) in [7, 11) is -3.23. The van der Waals surface area contributed by atoms with Crippen LogP contribution in [0.5, 0.6) is 0 Å². The number of rotatable bonds is 3. The SMILES string of the molecule is CCC#CCN1CCCN(S(=O)(=O)N2CCCC2)CC1. The normalized spacial score (nSPS) is 23.2. The molecule has 0 aromatic rings. The second-order valence-electron chi connectivity index (χ2n) is 5.35. The highest BCUT2D eigenvalue weighted by Gasteiger charge is 2.32. The number of nitrogens with zero attached hydrogens (tertiary/aromatic N) is 3. The van der Waals surface area contributed by atoms with Crippen molar-refractivity contribution in [3.63, 3.8) is 0 Å². The van der Waals surface area contributed by atoms with Crippen molar-refractivity contribution >= 4 is 10.2 Å². The van der Waals surface area contributed by atoms with Gasteiger partial charge in [-0.2, -0.15) is 17.0 Å². The highest BCUT2D eigenvalue weighted by atomic mass is 32.2. The van der Waals surface area contributed by atoms with E-state index in [2.05, 4.69) is 16.7 Å². The lowest BCUT2D eigenvalue weighted by atomic mass is 10.4. The van der Waals surface area contributed by atoms with Crippen molar-refractivity contribution in [2.24, 2.45) is 0 Å². The third-order valence-electron chi connectivity index (χ3n) is 3.87. The molecule has 20 heavy (non-hydrogen) atoms. The van der Waals surface area contributed by atoms with Crippen LogP contribution >= 0.6 is 0 Å². The molecule has 2 aliphatic rings. The summed E-state index contributed by atoms with van der Waals surface area (Å²) in [6, 6.07) is 0. The average molecular weight is 299 g/mol. The minimum absolute atomic E-state index is 0.590. The van der Waals surface area contributed by atoms with Crippen LogP contribution in [0.2, 0.25) is 0 Å². The van der Waals surface area contributed by atoms with Crippen molar-refractivity contribution in [1.82, 2.24) is 13.5 Å². The van der Waals surface area contributed by atoms with Crippen molar-refractivity contribution in [1.29, 1.82) is 0 Å². The van der Waals surface area contributed by atoms with Gasteiger partial charge in [-0.1, -0.05) is 12.8 Å². The van der Waals surface area contributed by atoms with Crippen molar-refractivity contribution in [3.05, 3.63) is 0 Å². The molecule has 2 aliphatic heterocycles. The van der Waals surface area contributed by atoms with Crippen LogP contribution in [0.3, 0.4) is 0 Å². The van der Waals surface area contributed by atoms with Crippen LogP contribution in [-0.4, -0.2) is 67.7 Å². The van der Waals surface area contributed by atoms with E-state index in [4.69, 9.17) is 0 Å². The Bertz CT molecular complexity index is 461. The van der Waals surface area contributed by atoms with Gasteiger partial charge in [0.25, 0.3) is 10.2 Å². The summed E-state index contributed by atoms with van der Waals surface area (Å²) in [4.78, 5) is 2.25. The molecule has 0 unspecified atom stereocenters. The van der Waals surface area contributed by atoms with Crippen LogP contribution in [-0.2, 0) is 10.2 Å². The van der Waals surface area contributed by atoms with Crippen LogP contribution in [0.1, 0.15) is 32.6 Å². The van der Waals surface area contributed by atoms with E-state index in [-0.39, 0.29) is 0 Å². The summed E-state index contributed by atoms with van der Waals surface area (Å²) in [6.45, 7) is 7.11. The first kappa shape index (κ1) is 15.8. The van der Waals surface area contributed by atoms with Gasteiger partial charge in [0.05, 0.1) is 6.54 Å². The average Bonchev–Trinajstić information content (AvgIpc) is 2.87. The molecule has 0 amide bonds. The molecule has 2 heterocycles. The van der Waals surface area contributed by atoms with Gasteiger partial charge in [0.2, 0.25) is 0 Å². The minimum atomic E-state index is -3.23. The quantitative estimate of drug-likeness (QED) is 0.722. The first-order chi connectivity index (χ1) is 9.64. The topological polar surface area (TPSA) is 43.9 Å². The second-order valence-corrected chi connectivity index (χ2v) is 7.28. The fraction of sp³-hybridized carbons (Fsp3) is 0.857. The zero-order valence-corrected chi connectivity index (χ0v) is 13.2. The maximum Gasteiger partial charge on any atom is 0.282 e. The van der Waals surface area contributed by atoms with E-state index in [1.165, 1.54) is 0 Å². The Labute approximate surface area is 123 Å². The first-order valence-electron chi connectivity index (χ1n) is 7.58. The Kier molecular flexibility index (Phi) is 5.85. The van der Waals surface area contributed by atoms with E-state index in [0.29, 0.717) is 26.2 Å². The Hall–Kier alpha value is -0.610. The van der Waals surface area contributed by atoms with Crippen molar-refractivity contribution in [2.45, 2.75) is 32.6 Å². The Morgan fingerprint density at radius 1 is 0.850 bits per heavy atom. The molecule has 114 valence electrons. The minimum Gasteiger partial charge on any atom is -0.291 e. The molecule has 0 atom stereocenters. The molecule has 0 aromatic carbocycles. The van der Waals surface area contributed by atoms with Gasteiger partial charge >= 0.3 is 0 Å². The first-order valence-corrected chi connectivity index (χ1v) is 8.97. The van der Waals surface area contributed by atoms with Crippen molar-refractivity contribution in [2.75, 3.05) is 45.8 Å². The third kappa shape index (κ3) is 3.95. The molecule has 6 heteroatoms. The molecule has 2 fully saturated rings. The lowest BCUT2D eigenvalue weighted by molar-refractivity contribution is 0.315. The molecule has 0 spiro atoms. The summed E-state index contributed by atoms with van der Waals surface area (Å²) in [6.07, 6.45) is 3.75. The van der Waals surface area contributed by atoms with E-state index in [1.54, 1.807) is 8.61 Å². The van der Waals surface area contributed by atoms with Crippen molar-refractivity contribution in [3.8, 4) is 11.8 Å². The molecule has 0 bridgehead atoms. The monoisotopic (exact) mass is 299 g/mol. The van der Waals surface area contributed by atoms with Crippen LogP contribution in [0.15, 0.2) is 0 Å². The summed E-state index contributed by atoms with van der Waals surface area (Å²) in [5, 5.41) is 0. The Morgan fingerprint density at radius 3 is 2.20 bits per heavy atom. The molecule has 5 nitrogen and oxygen atoms in total. The van der Waals surface area contributed by atoms with E-state index in [1.807, 2.05) is 6.92 Å². The van der Waals surface area contributed by atoms with Gasteiger partial charge in [0.15, 0.2) is 0 Å². The summed E-state index contributed by atoms with van der Waals surface area (Å²) in [5.74, 6) is 6.21. The van der Waals surface area contributed by atoms with Crippen LogP contribution < -0.4 is 0 Å². The van der Waals surface area contributed by atoms with Crippen LogP contribution in [0.4, 0.5) is 0 Å². The molecule has 2 rings (SSSR count). The highest BCUT2D eigenvalue weighted by Crippen LogP contribution is 2.18. The van der Waals surface area contributed by atoms with Gasteiger partial charge in [0.1, 0.15) is 0 Å². The smallest absolute Gasteiger partial charge is 0.282 e. The van der Waals surface area contributed by atoms with E-state index >= 15 is 0 Å². The number of hydrogen-bond acceptors (Lipinski definition) is 3. The van der Waals surface area contributed by atoms with Crippen LogP contribution in [0.25, 0.3) is 0 Å². The maximum atomic E-state index is 12.5. The third-order valence-corrected chi connectivity index (χ3v) is 5.90. The van der Waals surface area contributed by atoms with E-state index < -0.39 is 10.2 Å². The van der Waals surface area contributed by atoms with Gasteiger partial charge in [0, 0.05) is 45.7 Å². The van der Waals surface area contributed by atoms with Gasteiger partial charge in [-0.05, 0) is 19.3 Å². The molecule has 0 radical (unpaired) electrons. The summed E-state index contributed by atoms with van der Waals surface area (Å²) in [5.41, 5.74) is 0. The second kappa shape index (κ2) is 7.41. The van der Waals surface area contributed by atoms with Gasteiger partial charge in [-0.3, -0.25) is 4.90 Å². The lowest BCUT2D eigenvalue weighted by Gasteiger charge is -2.26. The Balaban J connectivity index is 1.91. The predicted octanol–water partition coefficient (Wildman–Crippen LogP) is 0.748. The molecule has 0 aliphatic carbocycles. The largest absolute Gasteiger partial charge is 0.291 e.